The van der Waals surface area contributed by atoms with Gasteiger partial charge < -0.3 is 5.32 Å². The fraction of sp³-hybridized carbons (Fsp3) is 0.0769. The van der Waals surface area contributed by atoms with Crippen LogP contribution in [0.4, 0.5) is 0 Å². The molecular formula is C13H13N2. The summed E-state index contributed by atoms with van der Waals surface area (Å²) in [5.41, 5.74) is 3.48. The van der Waals surface area contributed by atoms with Crippen LogP contribution in [0.2, 0.25) is 0 Å². The molecule has 2 rings (SSSR count). The Labute approximate surface area is 90.0 Å². The Morgan fingerprint density at radius 3 is 2.60 bits per heavy atom. The van der Waals surface area contributed by atoms with Crippen LogP contribution in [0.1, 0.15) is 5.56 Å². The Hall–Kier alpha value is -1.67. The Bertz CT molecular complexity index is 424. The van der Waals surface area contributed by atoms with Crippen LogP contribution in [0, 0.1) is 7.05 Å². The molecule has 0 saturated carbocycles. The van der Waals surface area contributed by atoms with Gasteiger partial charge in [0.1, 0.15) is 0 Å². The molecule has 0 aliphatic rings. The van der Waals surface area contributed by atoms with Gasteiger partial charge in [0, 0.05) is 31.5 Å². The molecule has 0 atom stereocenters. The van der Waals surface area contributed by atoms with Gasteiger partial charge in [0.05, 0.1) is 0 Å². The quantitative estimate of drug-likeness (QED) is 0.818. The number of pyridine rings is 1. The van der Waals surface area contributed by atoms with Crippen LogP contribution in [0.5, 0.6) is 0 Å². The predicted molar refractivity (Wildman–Crippen MR) is 61.9 cm³/mol. The number of nitrogens with zero attached hydrogens (tertiary/aromatic N) is 1. The van der Waals surface area contributed by atoms with Gasteiger partial charge in [-0.05, 0) is 17.2 Å². The maximum absolute atomic E-state index is 4.21. The zero-order valence-corrected chi connectivity index (χ0v) is 8.48. The third-order valence-corrected chi connectivity index (χ3v) is 2.23. The molecule has 0 saturated heterocycles. The zero-order chi connectivity index (χ0) is 10.5. The van der Waals surface area contributed by atoms with E-state index in [4.69, 9.17) is 0 Å². The van der Waals surface area contributed by atoms with E-state index in [1.54, 1.807) is 0 Å². The highest BCUT2D eigenvalue weighted by Gasteiger charge is 1.98. The van der Waals surface area contributed by atoms with Crippen molar-refractivity contribution in [1.29, 1.82) is 0 Å². The van der Waals surface area contributed by atoms with Crippen LogP contribution in [0.15, 0.2) is 48.8 Å². The first-order valence-electron chi connectivity index (χ1n) is 4.89. The van der Waals surface area contributed by atoms with Crippen LogP contribution in [-0.2, 0) is 6.54 Å². The molecule has 2 heteroatoms. The first kappa shape index (κ1) is 9.87. The van der Waals surface area contributed by atoms with Gasteiger partial charge in [-0.25, -0.2) is 0 Å². The van der Waals surface area contributed by atoms with Gasteiger partial charge in [-0.15, -0.1) is 0 Å². The predicted octanol–water partition coefficient (Wildman–Crippen LogP) is 2.63. The van der Waals surface area contributed by atoms with Crippen molar-refractivity contribution in [2.45, 2.75) is 6.54 Å². The molecule has 2 aromatic rings. The van der Waals surface area contributed by atoms with E-state index in [0.717, 1.165) is 17.7 Å². The van der Waals surface area contributed by atoms with Gasteiger partial charge in [-0.2, -0.15) is 0 Å². The number of benzene rings is 1. The van der Waals surface area contributed by atoms with Crippen LogP contribution in [0.3, 0.4) is 0 Å². The minimum atomic E-state index is 0.744. The lowest BCUT2D eigenvalue weighted by Gasteiger charge is -2.03. The van der Waals surface area contributed by atoms with E-state index in [-0.39, 0.29) is 0 Å². The Balaban J connectivity index is 2.33. The minimum Gasteiger partial charge on any atom is -0.311 e. The molecule has 15 heavy (non-hydrogen) atoms. The summed E-state index contributed by atoms with van der Waals surface area (Å²) < 4.78 is 0. The van der Waals surface area contributed by atoms with Gasteiger partial charge in [0.15, 0.2) is 0 Å². The Morgan fingerprint density at radius 2 is 1.87 bits per heavy atom. The van der Waals surface area contributed by atoms with Crippen molar-refractivity contribution >= 4 is 0 Å². The van der Waals surface area contributed by atoms with Gasteiger partial charge >= 0.3 is 0 Å². The van der Waals surface area contributed by atoms with Crippen molar-refractivity contribution in [3.63, 3.8) is 0 Å². The maximum Gasteiger partial charge on any atom is 0.0346 e. The summed E-state index contributed by atoms with van der Waals surface area (Å²) >= 11 is 0. The van der Waals surface area contributed by atoms with E-state index in [9.17, 15) is 0 Å². The second-order valence-electron chi connectivity index (χ2n) is 3.37. The molecule has 0 aliphatic carbocycles. The summed E-state index contributed by atoms with van der Waals surface area (Å²) in [6, 6.07) is 12.4. The van der Waals surface area contributed by atoms with Gasteiger partial charge in [-0.1, -0.05) is 30.3 Å². The Kier molecular flexibility index (Phi) is 3.10. The fourth-order valence-corrected chi connectivity index (χ4v) is 1.52. The van der Waals surface area contributed by atoms with Crippen LogP contribution >= 0.6 is 0 Å². The van der Waals surface area contributed by atoms with E-state index in [2.05, 4.69) is 35.5 Å². The number of nitrogens with one attached hydrogen (secondary N) is 1. The lowest BCUT2D eigenvalue weighted by molar-refractivity contribution is 0.860. The summed E-state index contributed by atoms with van der Waals surface area (Å²) in [5, 5.41) is 2.87. The molecule has 2 nitrogen and oxygen atoms in total. The lowest BCUT2D eigenvalue weighted by Crippen LogP contribution is -2.02. The van der Waals surface area contributed by atoms with Crippen LogP contribution in [0.25, 0.3) is 11.1 Å². The zero-order valence-electron chi connectivity index (χ0n) is 8.48. The van der Waals surface area contributed by atoms with Crippen LogP contribution < -0.4 is 5.32 Å². The maximum atomic E-state index is 4.21. The SMILES string of the molecule is [CH2]NCc1cncc(-c2ccccc2)c1. The van der Waals surface area contributed by atoms with Gasteiger partial charge in [0.2, 0.25) is 0 Å². The van der Waals surface area contributed by atoms with E-state index in [0.29, 0.717) is 0 Å². The molecule has 0 aliphatic heterocycles. The Morgan fingerprint density at radius 1 is 1.07 bits per heavy atom. The molecule has 1 N–H and O–H groups in total. The third kappa shape index (κ3) is 2.42. The van der Waals surface area contributed by atoms with Crippen molar-refractivity contribution < 1.29 is 0 Å². The molecule has 0 amide bonds. The largest absolute Gasteiger partial charge is 0.311 e. The highest BCUT2D eigenvalue weighted by atomic mass is 14.8. The minimum absolute atomic E-state index is 0.744. The average molecular weight is 197 g/mol. The molecule has 1 radical (unpaired) electrons. The second kappa shape index (κ2) is 4.71. The number of hydrogen-bond acceptors (Lipinski definition) is 2. The fourth-order valence-electron chi connectivity index (χ4n) is 1.52. The summed E-state index contributed by atoms with van der Waals surface area (Å²) in [6.45, 7) is 0.744. The summed E-state index contributed by atoms with van der Waals surface area (Å²) in [7, 11) is 3.61. The highest BCUT2D eigenvalue weighted by molar-refractivity contribution is 5.62. The van der Waals surface area contributed by atoms with Crippen LogP contribution in [-0.4, -0.2) is 4.98 Å². The summed E-state index contributed by atoms with van der Waals surface area (Å²) in [4.78, 5) is 4.21. The molecule has 0 fully saturated rings. The smallest absolute Gasteiger partial charge is 0.0346 e. The molecular weight excluding hydrogens is 184 g/mol. The van der Waals surface area contributed by atoms with Gasteiger partial charge in [-0.3, -0.25) is 4.98 Å². The number of hydrogen-bond donors (Lipinski definition) is 1. The van der Waals surface area contributed by atoms with E-state index < -0.39 is 0 Å². The first-order chi connectivity index (χ1) is 7.40. The van der Waals surface area contributed by atoms with Crippen molar-refractivity contribution in [3.05, 3.63) is 61.4 Å². The monoisotopic (exact) mass is 197 g/mol. The molecule has 1 heterocycles. The molecule has 1 aromatic heterocycles. The van der Waals surface area contributed by atoms with E-state index in [1.165, 1.54) is 5.56 Å². The van der Waals surface area contributed by atoms with Gasteiger partial charge in [0.25, 0.3) is 0 Å². The molecule has 0 unspecified atom stereocenters. The lowest BCUT2D eigenvalue weighted by atomic mass is 10.1. The summed E-state index contributed by atoms with van der Waals surface area (Å²) in [5.74, 6) is 0. The molecule has 0 spiro atoms. The molecule has 0 bridgehead atoms. The van der Waals surface area contributed by atoms with Crippen molar-refractivity contribution in [3.8, 4) is 11.1 Å². The molecule has 75 valence electrons. The standard InChI is InChI=1S/C13H13N2/c1-14-8-11-7-13(10-15-9-11)12-5-3-2-4-6-12/h2-7,9-10,14H,1,8H2. The van der Waals surface area contributed by atoms with Crippen molar-refractivity contribution in [2.75, 3.05) is 0 Å². The first-order valence-corrected chi connectivity index (χ1v) is 4.89. The van der Waals surface area contributed by atoms with E-state index in [1.807, 2.05) is 30.6 Å². The number of aromatic nitrogens is 1. The number of rotatable bonds is 3. The van der Waals surface area contributed by atoms with Crippen molar-refractivity contribution in [2.24, 2.45) is 0 Å². The van der Waals surface area contributed by atoms with E-state index >= 15 is 0 Å². The highest BCUT2D eigenvalue weighted by Crippen LogP contribution is 2.18. The normalized spacial score (nSPS) is 10.2. The van der Waals surface area contributed by atoms with Crippen molar-refractivity contribution in [1.82, 2.24) is 10.3 Å². The summed E-state index contributed by atoms with van der Waals surface area (Å²) in [6.07, 6.45) is 3.73. The topological polar surface area (TPSA) is 24.9 Å². The molecule has 1 aromatic carbocycles. The average Bonchev–Trinajstić information content (AvgIpc) is 2.31. The third-order valence-electron chi connectivity index (χ3n) is 2.23. The second-order valence-corrected chi connectivity index (χ2v) is 3.37.